The Bertz CT molecular complexity index is 1210. The van der Waals surface area contributed by atoms with Crippen LogP contribution in [0.2, 0.25) is 0 Å². The normalized spacial score (nSPS) is 23.2. The summed E-state index contributed by atoms with van der Waals surface area (Å²) in [5.41, 5.74) is -1.64. The number of hydrogen-bond acceptors (Lipinski definition) is 6. The summed E-state index contributed by atoms with van der Waals surface area (Å²) in [6, 6.07) is -4.92. The number of amides is 5. The Kier molecular flexibility index (Phi) is 12.1. The van der Waals surface area contributed by atoms with Crippen LogP contribution in [0.3, 0.4) is 0 Å². The lowest BCUT2D eigenvalue weighted by Gasteiger charge is -2.38. The van der Waals surface area contributed by atoms with E-state index in [1.54, 1.807) is 20.8 Å². The molecule has 2 rings (SSSR count). The summed E-state index contributed by atoms with van der Waals surface area (Å²) in [6.45, 7) is 18.8. The molecule has 1 saturated carbocycles. The van der Waals surface area contributed by atoms with Crippen molar-refractivity contribution in [2.24, 2.45) is 34.0 Å². The molecule has 1 heterocycles. The van der Waals surface area contributed by atoms with E-state index in [0.717, 1.165) is 6.26 Å². The van der Waals surface area contributed by atoms with Crippen molar-refractivity contribution in [2.45, 2.75) is 106 Å². The van der Waals surface area contributed by atoms with Crippen molar-refractivity contribution in [3.05, 3.63) is 0 Å². The Morgan fingerprint density at radius 1 is 0.933 bits per heavy atom. The van der Waals surface area contributed by atoms with E-state index in [1.807, 2.05) is 48.5 Å². The van der Waals surface area contributed by atoms with Gasteiger partial charge in [-0.1, -0.05) is 69.2 Å². The molecule has 260 valence electrons. The zero-order valence-corrected chi connectivity index (χ0v) is 29.3. The van der Waals surface area contributed by atoms with Gasteiger partial charge in [-0.3, -0.25) is 14.4 Å². The maximum Gasteiger partial charge on any atom is 0.315 e. The fraction of sp³-hybridized carbons (Fsp3) is 0.867. The molecule has 5 N–H and O–H groups in total. The van der Waals surface area contributed by atoms with Gasteiger partial charge >= 0.3 is 6.03 Å². The molecule has 0 unspecified atom stereocenters. The lowest BCUT2D eigenvalue weighted by molar-refractivity contribution is -0.144. The summed E-state index contributed by atoms with van der Waals surface area (Å²) in [4.78, 5) is 55.3. The molecule has 45 heavy (non-hydrogen) atoms. The highest BCUT2D eigenvalue weighted by atomic mass is 32.2. The lowest BCUT2D eigenvalue weighted by Crippen LogP contribution is -2.62. The first-order valence-corrected chi connectivity index (χ1v) is 17.3. The van der Waals surface area contributed by atoms with Crippen molar-refractivity contribution >= 4 is 33.8 Å². The van der Waals surface area contributed by atoms with Gasteiger partial charge < -0.3 is 26.2 Å². The molecular formula is C30H54F2N6O6S. The highest BCUT2D eigenvalue weighted by Gasteiger charge is 2.70. The van der Waals surface area contributed by atoms with Gasteiger partial charge in [0, 0.05) is 32.1 Å². The second-order valence-corrected chi connectivity index (χ2v) is 17.5. The number of nitrogens with zero attached hydrogens (tertiary/aromatic N) is 1. The van der Waals surface area contributed by atoms with Crippen LogP contribution in [0.5, 0.6) is 0 Å². The quantitative estimate of drug-likeness (QED) is 0.202. The molecule has 12 nitrogen and oxygen atoms in total. The molecule has 0 aromatic heterocycles. The Morgan fingerprint density at radius 3 is 1.98 bits per heavy atom. The van der Waals surface area contributed by atoms with Crippen molar-refractivity contribution in [3.63, 3.8) is 0 Å². The molecule has 2 aliphatic rings. The Balaban J connectivity index is 2.31. The van der Waals surface area contributed by atoms with E-state index in [0.29, 0.717) is 0 Å². The predicted octanol–water partition coefficient (Wildman–Crippen LogP) is 2.06. The number of hydrogen-bond donors (Lipinski definition) is 5. The highest BCUT2D eigenvalue weighted by molar-refractivity contribution is 7.88. The summed E-state index contributed by atoms with van der Waals surface area (Å²) in [5.74, 6) is -2.14. The second-order valence-electron chi connectivity index (χ2n) is 15.7. The van der Waals surface area contributed by atoms with Crippen LogP contribution in [-0.2, 0) is 24.4 Å². The number of piperidine rings is 1. The van der Waals surface area contributed by atoms with Gasteiger partial charge in [0.25, 0.3) is 0 Å². The number of urea groups is 1. The minimum Gasteiger partial charge on any atom is -0.354 e. The predicted molar refractivity (Wildman–Crippen MR) is 168 cm³/mol. The van der Waals surface area contributed by atoms with Gasteiger partial charge in [0.1, 0.15) is 18.1 Å². The molecule has 0 spiro atoms. The van der Waals surface area contributed by atoms with Crippen molar-refractivity contribution in [2.75, 3.05) is 25.9 Å². The second kappa shape index (κ2) is 14.1. The summed E-state index contributed by atoms with van der Waals surface area (Å²) in [5, 5.41) is 10.6. The van der Waals surface area contributed by atoms with E-state index in [4.69, 9.17) is 0 Å². The first-order chi connectivity index (χ1) is 20.3. The summed E-state index contributed by atoms with van der Waals surface area (Å²) < 4.78 is 52.7. The Labute approximate surface area is 267 Å². The summed E-state index contributed by atoms with van der Waals surface area (Å²) in [6.07, 6.45) is -2.70. The van der Waals surface area contributed by atoms with Gasteiger partial charge in [-0.25, -0.2) is 26.7 Å². The van der Waals surface area contributed by atoms with Crippen molar-refractivity contribution in [1.82, 2.24) is 30.9 Å². The molecule has 1 aliphatic carbocycles. The van der Waals surface area contributed by atoms with E-state index in [-0.39, 0.29) is 42.8 Å². The number of fused-ring (bicyclic) bond motifs is 1. The fourth-order valence-electron chi connectivity index (χ4n) is 5.86. The monoisotopic (exact) mass is 664 g/mol. The smallest absolute Gasteiger partial charge is 0.315 e. The molecule has 5 amide bonds. The van der Waals surface area contributed by atoms with E-state index in [1.165, 1.54) is 4.90 Å². The molecule has 6 atom stereocenters. The van der Waals surface area contributed by atoms with Crippen LogP contribution in [0.25, 0.3) is 0 Å². The van der Waals surface area contributed by atoms with E-state index >= 15 is 0 Å². The maximum atomic E-state index is 14.1. The van der Waals surface area contributed by atoms with E-state index < -0.39 is 81.6 Å². The third kappa shape index (κ3) is 10.5. The standard InChI is InChI=1S/C30H54F2N6O6S/c1-16(2)13-33-24(39)18(12-20(31)32)35-25(40)22-21-17(30(21,9)10)15-38(22)26(41)23(29(6,7)8)37-27(42)36-19(28(3,4)5)14-34-45(11,43)44/h16-23,34H,12-15H2,1-11H3,(H,33,39)(H,35,40)(H2,36,37,42)/t17-,18-,19+,21-,22-,23+/m0/s1. The molecule has 0 bridgehead atoms. The van der Waals surface area contributed by atoms with Gasteiger partial charge in [0.15, 0.2) is 0 Å². The van der Waals surface area contributed by atoms with Crippen LogP contribution in [0, 0.1) is 34.0 Å². The van der Waals surface area contributed by atoms with Crippen molar-refractivity contribution < 1.29 is 36.4 Å². The average molecular weight is 665 g/mol. The van der Waals surface area contributed by atoms with Gasteiger partial charge in [-0.05, 0) is 34.0 Å². The molecule has 1 aliphatic heterocycles. The number of halogens is 2. The van der Waals surface area contributed by atoms with Gasteiger partial charge in [0.05, 0.1) is 6.26 Å². The molecule has 0 aromatic carbocycles. The zero-order chi connectivity index (χ0) is 34.9. The number of rotatable bonds is 13. The van der Waals surface area contributed by atoms with Crippen LogP contribution in [0.1, 0.15) is 75.7 Å². The van der Waals surface area contributed by atoms with E-state index in [2.05, 4.69) is 26.0 Å². The SMILES string of the molecule is CC(C)CNC(=O)[C@H](CC(F)F)NC(=O)[C@@H]1[C@@H]2[C@H](CN1C(=O)[C@@H](NC(=O)N[C@H](CNS(C)(=O)=O)C(C)(C)C)C(C)(C)C)C2(C)C. The molecule has 0 aromatic rings. The lowest BCUT2D eigenvalue weighted by atomic mass is 9.85. The van der Waals surface area contributed by atoms with Gasteiger partial charge in [0.2, 0.25) is 34.2 Å². The topological polar surface area (TPSA) is 166 Å². The third-order valence-electron chi connectivity index (χ3n) is 8.78. The molecule has 2 fully saturated rings. The molecule has 15 heteroatoms. The Morgan fingerprint density at radius 2 is 1.51 bits per heavy atom. The number of nitrogens with one attached hydrogen (secondary N) is 5. The van der Waals surface area contributed by atoms with Crippen molar-refractivity contribution in [3.8, 4) is 0 Å². The average Bonchev–Trinajstić information content (AvgIpc) is 3.18. The maximum absolute atomic E-state index is 14.1. The third-order valence-corrected chi connectivity index (χ3v) is 9.47. The number of carbonyl (C=O) groups excluding carboxylic acids is 4. The zero-order valence-electron chi connectivity index (χ0n) is 28.5. The number of carbonyl (C=O) groups is 4. The summed E-state index contributed by atoms with van der Waals surface area (Å²) in [7, 11) is -3.53. The Hall–Kier alpha value is -2.55. The van der Waals surface area contributed by atoms with Gasteiger partial charge in [-0.2, -0.15) is 0 Å². The van der Waals surface area contributed by atoms with Crippen LogP contribution in [0.15, 0.2) is 0 Å². The molecule has 0 radical (unpaired) electrons. The number of sulfonamides is 1. The van der Waals surface area contributed by atoms with Crippen LogP contribution in [-0.4, -0.2) is 93.6 Å². The number of alkyl halides is 2. The minimum atomic E-state index is -3.53. The fourth-order valence-corrected chi connectivity index (χ4v) is 6.33. The first-order valence-electron chi connectivity index (χ1n) is 15.5. The summed E-state index contributed by atoms with van der Waals surface area (Å²) >= 11 is 0. The van der Waals surface area contributed by atoms with Crippen LogP contribution >= 0.6 is 0 Å². The van der Waals surface area contributed by atoms with E-state index in [9.17, 15) is 36.4 Å². The van der Waals surface area contributed by atoms with Gasteiger partial charge in [-0.15, -0.1) is 0 Å². The van der Waals surface area contributed by atoms with Crippen LogP contribution in [0.4, 0.5) is 13.6 Å². The highest BCUT2D eigenvalue weighted by Crippen LogP contribution is 2.65. The first kappa shape index (κ1) is 38.6. The van der Waals surface area contributed by atoms with Crippen LogP contribution < -0.4 is 26.0 Å². The minimum absolute atomic E-state index is 0.0256. The largest absolute Gasteiger partial charge is 0.354 e. The molecular weight excluding hydrogens is 610 g/mol. The number of likely N-dealkylation sites (tertiary alicyclic amines) is 1. The molecule has 1 saturated heterocycles. The van der Waals surface area contributed by atoms with Crippen molar-refractivity contribution in [1.29, 1.82) is 0 Å².